The van der Waals surface area contributed by atoms with Gasteiger partial charge >= 0.3 is 0 Å². The molecular formula is C12H19N3O3. The van der Waals surface area contributed by atoms with E-state index < -0.39 is 0 Å². The van der Waals surface area contributed by atoms with E-state index in [4.69, 9.17) is 4.52 Å². The second-order valence-electron chi connectivity index (χ2n) is 4.10. The first-order valence-electron chi connectivity index (χ1n) is 6.07. The molecule has 6 heteroatoms. The Balaban J connectivity index is 2.35. The molecule has 1 heterocycles. The van der Waals surface area contributed by atoms with Crippen molar-refractivity contribution >= 4 is 17.6 Å². The quantitative estimate of drug-likeness (QED) is 0.804. The van der Waals surface area contributed by atoms with Gasteiger partial charge in [0.25, 0.3) is 0 Å². The number of hydrogen-bond donors (Lipinski definition) is 2. The Morgan fingerprint density at radius 2 is 2.06 bits per heavy atom. The lowest BCUT2D eigenvalue weighted by Crippen LogP contribution is -2.36. The molecule has 1 aromatic heterocycles. The predicted octanol–water partition coefficient (Wildman–Crippen LogP) is 1.47. The molecular weight excluding hydrogens is 234 g/mol. The molecule has 0 radical (unpaired) electrons. The van der Waals surface area contributed by atoms with Gasteiger partial charge in [-0.25, -0.2) is 0 Å². The summed E-state index contributed by atoms with van der Waals surface area (Å²) in [5.41, 5.74) is 0. The van der Waals surface area contributed by atoms with Crippen molar-refractivity contribution in [3.63, 3.8) is 0 Å². The highest BCUT2D eigenvalue weighted by atomic mass is 16.5. The van der Waals surface area contributed by atoms with Crippen LogP contribution >= 0.6 is 0 Å². The van der Waals surface area contributed by atoms with E-state index in [0.717, 1.165) is 12.8 Å². The van der Waals surface area contributed by atoms with E-state index in [0.29, 0.717) is 11.6 Å². The van der Waals surface area contributed by atoms with Crippen molar-refractivity contribution in [3.05, 3.63) is 11.8 Å². The number of anilines is 1. The van der Waals surface area contributed by atoms with Crippen LogP contribution in [-0.4, -0.2) is 23.5 Å². The van der Waals surface area contributed by atoms with Gasteiger partial charge in [0.2, 0.25) is 11.8 Å². The summed E-state index contributed by atoms with van der Waals surface area (Å²) in [6.07, 6.45) is 1.54. The van der Waals surface area contributed by atoms with Gasteiger partial charge < -0.3 is 15.2 Å². The normalized spacial score (nSPS) is 10.4. The van der Waals surface area contributed by atoms with Gasteiger partial charge in [-0.1, -0.05) is 19.0 Å². The van der Waals surface area contributed by atoms with Crippen LogP contribution in [0.2, 0.25) is 0 Å². The second kappa shape index (κ2) is 6.78. The fourth-order valence-corrected chi connectivity index (χ4v) is 1.58. The Kier molecular flexibility index (Phi) is 5.35. The number of carbonyl (C=O) groups is 2. The first-order valence-corrected chi connectivity index (χ1v) is 6.07. The molecule has 100 valence electrons. The second-order valence-corrected chi connectivity index (χ2v) is 4.10. The number of carbonyl (C=O) groups excluding carboxylic acids is 2. The van der Waals surface area contributed by atoms with Crippen molar-refractivity contribution in [2.75, 3.05) is 11.9 Å². The molecule has 0 bridgehead atoms. The SMILES string of the molecule is CCC(CC)C(=O)NCC(=O)Nc1cc(C)on1. The summed E-state index contributed by atoms with van der Waals surface area (Å²) >= 11 is 0. The van der Waals surface area contributed by atoms with Crippen LogP contribution in [0, 0.1) is 12.8 Å². The topological polar surface area (TPSA) is 84.2 Å². The minimum Gasteiger partial charge on any atom is -0.360 e. The molecule has 0 saturated heterocycles. The summed E-state index contributed by atoms with van der Waals surface area (Å²) in [4.78, 5) is 23.2. The van der Waals surface area contributed by atoms with Crippen LogP contribution in [0.25, 0.3) is 0 Å². The molecule has 1 rings (SSSR count). The van der Waals surface area contributed by atoms with Crippen LogP contribution in [-0.2, 0) is 9.59 Å². The van der Waals surface area contributed by atoms with Crippen molar-refractivity contribution in [1.82, 2.24) is 10.5 Å². The Labute approximate surface area is 106 Å². The van der Waals surface area contributed by atoms with Gasteiger partial charge in [-0.3, -0.25) is 9.59 Å². The van der Waals surface area contributed by atoms with E-state index in [-0.39, 0.29) is 24.3 Å². The Morgan fingerprint density at radius 3 is 2.56 bits per heavy atom. The molecule has 0 saturated carbocycles. The van der Waals surface area contributed by atoms with Crippen LogP contribution in [0.4, 0.5) is 5.82 Å². The lowest BCUT2D eigenvalue weighted by molar-refractivity contribution is -0.127. The summed E-state index contributed by atoms with van der Waals surface area (Å²) in [6.45, 7) is 5.58. The van der Waals surface area contributed by atoms with Crippen molar-refractivity contribution in [2.45, 2.75) is 33.6 Å². The summed E-state index contributed by atoms with van der Waals surface area (Å²) in [5.74, 6) is 0.529. The van der Waals surface area contributed by atoms with E-state index in [1.807, 2.05) is 13.8 Å². The van der Waals surface area contributed by atoms with Crippen molar-refractivity contribution in [2.24, 2.45) is 5.92 Å². The molecule has 0 atom stereocenters. The molecule has 0 aliphatic rings. The number of hydrogen-bond acceptors (Lipinski definition) is 4. The molecule has 1 aromatic rings. The highest BCUT2D eigenvalue weighted by molar-refractivity contribution is 5.94. The fourth-order valence-electron chi connectivity index (χ4n) is 1.58. The molecule has 0 aliphatic heterocycles. The predicted molar refractivity (Wildman–Crippen MR) is 67.0 cm³/mol. The number of rotatable bonds is 6. The average Bonchev–Trinajstić information content (AvgIpc) is 2.73. The molecule has 6 nitrogen and oxygen atoms in total. The van der Waals surface area contributed by atoms with Crippen molar-refractivity contribution in [1.29, 1.82) is 0 Å². The summed E-state index contributed by atoms with van der Waals surface area (Å²) in [6, 6.07) is 1.61. The minimum absolute atomic E-state index is 0.0351. The highest BCUT2D eigenvalue weighted by Gasteiger charge is 2.15. The third-order valence-corrected chi connectivity index (χ3v) is 2.68. The van der Waals surface area contributed by atoms with E-state index >= 15 is 0 Å². The number of aryl methyl sites for hydroxylation is 1. The Bertz CT molecular complexity index is 410. The lowest BCUT2D eigenvalue weighted by atomic mass is 10.0. The van der Waals surface area contributed by atoms with Gasteiger partial charge in [-0.2, -0.15) is 0 Å². The van der Waals surface area contributed by atoms with Gasteiger partial charge in [0, 0.05) is 12.0 Å². The van der Waals surface area contributed by atoms with E-state index in [1.54, 1.807) is 13.0 Å². The zero-order chi connectivity index (χ0) is 13.5. The molecule has 0 spiro atoms. The maximum absolute atomic E-state index is 11.6. The monoisotopic (exact) mass is 253 g/mol. The third-order valence-electron chi connectivity index (χ3n) is 2.68. The zero-order valence-corrected chi connectivity index (χ0v) is 10.9. The molecule has 0 fully saturated rings. The standard InChI is InChI=1S/C12H19N3O3/c1-4-9(5-2)12(17)13-7-11(16)14-10-6-8(3)18-15-10/h6,9H,4-5,7H2,1-3H3,(H,13,17)(H,14,15,16). The largest absolute Gasteiger partial charge is 0.360 e. The summed E-state index contributed by atoms with van der Waals surface area (Å²) in [7, 11) is 0. The highest BCUT2D eigenvalue weighted by Crippen LogP contribution is 2.07. The maximum Gasteiger partial charge on any atom is 0.245 e. The first-order chi connectivity index (χ1) is 8.56. The Hall–Kier alpha value is -1.85. The molecule has 0 aliphatic carbocycles. The smallest absolute Gasteiger partial charge is 0.245 e. The van der Waals surface area contributed by atoms with Gasteiger partial charge in [0.15, 0.2) is 5.82 Å². The van der Waals surface area contributed by atoms with Crippen LogP contribution in [0.1, 0.15) is 32.4 Å². The van der Waals surface area contributed by atoms with E-state index in [2.05, 4.69) is 15.8 Å². The zero-order valence-electron chi connectivity index (χ0n) is 10.9. The fraction of sp³-hybridized carbons (Fsp3) is 0.583. The van der Waals surface area contributed by atoms with Crippen molar-refractivity contribution < 1.29 is 14.1 Å². The minimum atomic E-state index is -0.317. The summed E-state index contributed by atoms with van der Waals surface area (Å²) < 4.78 is 4.81. The van der Waals surface area contributed by atoms with Crippen LogP contribution in [0.15, 0.2) is 10.6 Å². The van der Waals surface area contributed by atoms with E-state index in [1.165, 1.54) is 0 Å². The molecule has 2 N–H and O–H groups in total. The number of aromatic nitrogens is 1. The van der Waals surface area contributed by atoms with Crippen LogP contribution in [0.5, 0.6) is 0 Å². The van der Waals surface area contributed by atoms with Crippen molar-refractivity contribution in [3.8, 4) is 0 Å². The Morgan fingerprint density at radius 1 is 1.39 bits per heavy atom. The molecule has 2 amide bonds. The number of amides is 2. The van der Waals surface area contributed by atoms with Gasteiger partial charge in [0.05, 0.1) is 6.54 Å². The maximum atomic E-state index is 11.6. The molecule has 0 aromatic carbocycles. The number of nitrogens with zero attached hydrogens (tertiary/aromatic N) is 1. The van der Waals surface area contributed by atoms with Gasteiger partial charge in [-0.05, 0) is 19.8 Å². The molecule has 18 heavy (non-hydrogen) atoms. The third kappa shape index (κ3) is 4.20. The van der Waals surface area contributed by atoms with Gasteiger partial charge in [0.1, 0.15) is 5.76 Å². The van der Waals surface area contributed by atoms with Crippen LogP contribution < -0.4 is 10.6 Å². The lowest BCUT2D eigenvalue weighted by Gasteiger charge is -2.12. The molecule has 0 unspecified atom stereocenters. The number of nitrogens with one attached hydrogen (secondary N) is 2. The first kappa shape index (κ1) is 14.2. The summed E-state index contributed by atoms with van der Waals surface area (Å²) in [5, 5.41) is 8.77. The average molecular weight is 253 g/mol. The van der Waals surface area contributed by atoms with Crippen LogP contribution in [0.3, 0.4) is 0 Å². The van der Waals surface area contributed by atoms with E-state index in [9.17, 15) is 9.59 Å². The van der Waals surface area contributed by atoms with Gasteiger partial charge in [-0.15, -0.1) is 0 Å².